The highest BCUT2D eigenvalue weighted by atomic mass is 32.1. The lowest BCUT2D eigenvalue weighted by atomic mass is 10.3. The molecule has 0 aliphatic rings. The van der Waals surface area contributed by atoms with Crippen molar-refractivity contribution in [3.8, 4) is 10.9 Å². The van der Waals surface area contributed by atoms with E-state index in [1.807, 2.05) is 67.6 Å². The van der Waals surface area contributed by atoms with Gasteiger partial charge < -0.3 is 10.1 Å². The summed E-state index contributed by atoms with van der Waals surface area (Å²) < 4.78 is 8.34. The maximum absolute atomic E-state index is 12.3. The Morgan fingerprint density at radius 3 is 2.74 bits per heavy atom. The fourth-order valence-corrected chi connectivity index (χ4v) is 3.60. The molecule has 7 heteroatoms. The van der Waals surface area contributed by atoms with Crippen molar-refractivity contribution in [3.63, 3.8) is 0 Å². The van der Waals surface area contributed by atoms with E-state index in [1.165, 1.54) is 11.3 Å². The molecule has 0 fully saturated rings. The largest absolute Gasteiger partial charge is 0.493 e. The standard InChI is InChI=1S/C20H18N4O2S/c1-14-13-18(22-19(25)11-12-26-15-7-3-2-4-8-15)24(23-14)20-21-16-9-5-6-10-17(16)27-20/h2-10,13H,11-12H2,1H3,(H,22,25). The minimum atomic E-state index is -0.131. The summed E-state index contributed by atoms with van der Waals surface area (Å²) >= 11 is 1.53. The maximum atomic E-state index is 12.3. The van der Waals surface area contributed by atoms with Crippen LogP contribution in [0, 0.1) is 6.92 Å². The van der Waals surface area contributed by atoms with E-state index in [1.54, 1.807) is 4.68 Å². The minimum absolute atomic E-state index is 0.131. The number of anilines is 1. The third-order valence-electron chi connectivity index (χ3n) is 3.90. The van der Waals surface area contributed by atoms with Gasteiger partial charge in [0, 0.05) is 6.07 Å². The first kappa shape index (κ1) is 17.2. The molecule has 2 aromatic carbocycles. The summed E-state index contributed by atoms with van der Waals surface area (Å²) in [6.07, 6.45) is 0.249. The van der Waals surface area contributed by atoms with Crippen LogP contribution >= 0.6 is 11.3 Å². The molecule has 0 unspecified atom stereocenters. The van der Waals surface area contributed by atoms with Gasteiger partial charge in [-0.25, -0.2) is 4.98 Å². The summed E-state index contributed by atoms with van der Waals surface area (Å²) in [5.74, 6) is 1.23. The molecule has 1 amide bonds. The number of nitrogens with one attached hydrogen (secondary N) is 1. The van der Waals surface area contributed by atoms with Gasteiger partial charge in [0.25, 0.3) is 0 Å². The molecule has 0 bridgehead atoms. The second kappa shape index (κ2) is 7.59. The van der Waals surface area contributed by atoms with E-state index in [4.69, 9.17) is 4.74 Å². The van der Waals surface area contributed by atoms with Crippen molar-refractivity contribution in [2.24, 2.45) is 0 Å². The van der Waals surface area contributed by atoms with Gasteiger partial charge >= 0.3 is 0 Å². The smallest absolute Gasteiger partial charge is 0.228 e. The van der Waals surface area contributed by atoms with Crippen molar-refractivity contribution in [1.29, 1.82) is 0 Å². The summed E-state index contributed by atoms with van der Waals surface area (Å²) in [6.45, 7) is 2.20. The molecule has 4 aromatic rings. The first-order valence-corrected chi connectivity index (χ1v) is 9.41. The van der Waals surface area contributed by atoms with Crippen LogP contribution in [0.15, 0.2) is 60.7 Å². The van der Waals surface area contributed by atoms with Crippen LogP contribution in [0.4, 0.5) is 5.82 Å². The number of nitrogens with zero attached hydrogens (tertiary/aromatic N) is 3. The molecule has 136 valence electrons. The summed E-state index contributed by atoms with van der Waals surface area (Å²) in [6, 6.07) is 19.2. The molecule has 2 heterocycles. The van der Waals surface area contributed by atoms with Crippen LogP contribution < -0.4 is 10.1 Å². The van der Waals surface area contributed by atoms with Gasteiger partial charge in [-0.3, -0.25) is 4.79 Å². The molecule has 1 N–H and O–H groups in total. The van der Waals surface area contributed by atoms with Crippen molar-refractivity contribution in [2.75, 3.05) is 11.9 Å². The first-order chi connectivity index (χ1) is 13.2. The number of carbonyl (C=O) groups excluding carboxylic acids is 1. The third kappa shape index (κ3) is 3.98. The molecule has 4 rings (SSSR count). The number of rotatable bonds is 6. The highest BCUT2D eigenvalue weighted by Gasteiger charge is 2.14. The molecule has 2 aromatic heterocycles. The second-order valence-electron chi connectivity index (χ2n) is 6.01. The number of ether oxygens (including phenoxy) is 1. The van der Waals surface area contributed by atoms with Crippen molar-refractivity contribution >= 4 is 33.3 Å². The number of thiazole rings is 1. The van der Waals surface area contributed by atoms with Crippen LogP contribution in [0.2, 0.25) is 0 Å². The van der Waals surface area contributed by atoms with Gasteiger partial charge in [-0.1, -0.05) is 41.7 Å². The zero-order valence-corrected chi connectivity index (χ0v) is 15.6. The van der Waals surface area contributed by atoms with Crippen LogP contribution in [0.5, 0.6) is 5.75 Å². The Labute approximate surface area is 160 Å². The molecule has 0 atom stereocenters. The summed E-state index contributed by atoms with van der Waals surface area (Å²) in [5.41, 5.74) is 1.73. The Morgan fingerprint density at radius 2 is 1.93 bits per heavy atom. The van der Waals surface area contributed by atoms with Crippen LogP contribution in [-0.4, -0.2) is 27.3 Å². The molecule has 0 saturated heterocycles. The lowest BCUT2D eigenvalue weighted by Crippen LogP contribution is -2.17. The Morgan fingerprint density at radius 1 is 1.15 bits per heavy atom. The monoisotopic (exact) mass is 378 g/mol. The van der Waals surface area contributed by atoms with Gasteiger partial charge in [0.2, 0.25) is 11.0 Å². The first-order valence-electron chi connectivity index (χ1n) is 8.59. The van der Waals surface area contributed by atoms with Crippen molar-refractivity contribution in [2.45, 2.75) is 13.3 Å². The molecule has 0 radical (unpaired) electrons. The van der Waals surface area contributed by atoms with E-state index in [0.717, 1.165) is 26.8 Å². The van der Waals surface area contributed by atoms with Gasteiger partial charge in [0.1, 0.15) is 11.6 Å². The predicted molar refractivity (Wildman–Crippen MR) is 107 cm³/mol. The lowest BCUT2D eigenvalue weighted by Gasteiger charge is -2.08. The van der Waals surface area contributed by atoms with Gasteiger partial charge in [-0.2, -0.15) is 9.78 Å². The molecule has 6 nitrogen and oxygen atoms in total. The SMILES string of the molecule is Cc1cc(NC(=O)CCOc2ccccc2)n(-c2nc3ccccc3s2)n1. The van der Waals surface area contributed by atoms with Gasteiger partial charge in [0.05, 0.1) is 28.9 Å². The number of amides is 1. The quantitative estimate of drug-likeness (QED) is 0.546. The highest BCUT2D eigenvalue weighted by Crippen LogP contribution is 2.27. The zero-order chi connectivity index (χ0) is 18.6. The lowest BCUT2D eigenvalue weighted by molar-refractivity contribution is -0.116. The fourth-order valence-electron chi connectivity index (χ4n) is 2.67. The summed E-state index contributed by atoms with van der Waals surface area (Å²) in [5, 5.41) is 8.11. The number of aromatic nitrogens is 3. The third-order valence-corrected chi connectivity index (χ3v) is 4.92. The number of fused-ring (bicyclic) bond motifs is 1. The summed E-state index contributed by atoms with van der Waals surface area (Å²) in [7, 11) is 0. The molecule has 0 aliphatic heterocycles. The Hall–Kier alpha value is -3.19. The molecular weight excluding hydrogens is 360 g/mol. The number of carbonyl (C=O) groups is 1. The fraction of sp³-hybridized carbons (Fsp3) is 0.150. The zero-order valence-electron chi connectivity index (χ0n) is 14.8. The molecule has 0 spiro atoms. The average Bonchev–Trinajstić information content (AvgIpc) is 3.25. The Kier molecular flexibility index (Phi) is 4.84. The van der Waals surface area contributed by atoms with Gasteiger partial charge in [-0.05, 0) is 31.2 Å². The predicted octanol–water partition coefficient (Wildman–Crippen LogP) is 4.20. The minimum Gasteiger partial charge on any atom is -0.493 e. The van der Waals surface area contributed by atoms with Crippen LogP contribution in [0.3, 0.4) is 0 Å². The van der Waals surface area contributed by atoms with Crippen LogP contribution in [-0.2, 0) is 4.79 Å². The van der Waals surface area contributed by atoms with E-state index in [2.05, 4.69) is 15.4 Å². The van der Waals surface area contributed by atoms with Crippen molar-refractivity contribution < 1.29 is 9.53 Å². The Balaban J connectivity index is 1.45. The Bertz CT molecular complexity index is 1040. The molecule has 0 aliphatic carbocycles. The topological polar surface area (TPSA) is 69.0 Å². The van der Waals surface area contributed by atoms with Gasteiger partial charge in [0.15, 0.2) is 0 Å². The van der Waals surface area contributed by atoms with Crippen LogP contribution in [0.25, 0.3) is 15.3 Å². The van der Waals surface area contributed by atoms with E-state index < -0.39 is 0 Å². The number of aryl methyl sites for hydroxylation is 1. The van der Waals surface area contributed by atoms with E-state index >= 15 is 0 Å². The summed E-state index contributed by atoms with van der Waals surface area (Å²) in [4.78, 5) is 16.9. The molecule has 27 heavy (non-hydrogen) atoms. The average molecular weight is 378 g/mol. The highest BCUT2D eigenvalue weighted by molar-refractivity contribution is 7.20. The van der Waals surface area contributed by atoms with E-state index in [9.17, 15) is 4.79 Å². The van der Waals surface area contributed by atoms with Gasteiger partial charge in [-0.15, -0.1) is 0 Å². The number of hydrogen-bond donors (Lipinski definition) is 1. The van der Waals surface area contributed by atoms with Crippen molar-refractivity contribution in [3.05, 3.63) is 66.4 Å². The van der Waals surface area contributed by atoms with E-state index in [0.29, 0.717) is 12.4 Å². The maximum Gasteiger partial charge on any atom is 0.228 e. The number of hydrogen-bond acceptors (Lipinski definition) is 5. The molecular formula is C20H18N4O2S. The normalized spacial score (nSPS) is 10.9. The van der Waals surface area contributed by atoms with E-state index in [-0.39, 0.29) is 12.3 Å². The number of benzene rings is 2. The van der Waals surface area contributed by atoms with Crippen LogP contribution in [0.1, 0.15) is 12.1 Å². The molecule has 0 saturated carbocycles. The van der Waals surface area contributed by atoms with Crippen molar-refractivity contribution in [1.82, 2.24) is 14.8 Å². The second-order valence-corrected chi connectivity index (χ2v) is 7.02. The number of para-hydroxylation sites is 2.